The predicted octanol–water partition coefficient (Wildman–Crippen LogP) is 3.38. The van der Waals surface area contributed by atoms with Gasteiger partial charge in [0.05, 0.1) is 37.5 Å². The lowest BCUT2D eigenvalue weighted by Crippen LogP contribution is -2.53. The Morgan fingerprint density at radius 1 is 0.828 bits per heavy atom. The van der Waals surface area contributed by atoms with Crippen molar-refractivity contribution in [2.45, 2.75) is 103 Å². The minimum Gasteiger partial charge on any atom is -0.375 e. The molecule has 166 valence electrons. The van der Waals surface area contributed by atoms with E-state index < -0.39 is 0 Å². The van der Waals surface area contributed by atoms with Crippen molar-refractivity contribution in [3.8, 4) is 0 Å². The van der Waals surface area contributed by atoms with E-state index in [-0.39, 0.29) is 41.5 Å². The Morgan fingerprint density at radius 2 is 1.24 bits per heavy atom. The van der Waals surface area contributed by atoms with Crippen LogP contribution in [0.4, 0.5) is 0 Å². The summed E-state index contributed by atoms with van der Waals surface area (Å²) in [5, 5.41) is 0. The Kier molecular flexibility index (Phi) is 7.60. The number of ether oxygens (including phenoxy) is 2. The quantitative estimate of drug-likeness (QED) is 0.676. The number of amides is 2. The van der Waals surface area contributed by atoms with Gasteiger partial charge in [0, 0.05) is 25.9 Å². The van der Waals surface area contributed by atoms with Crippen LogP contribution < -0.4 is 0 Å². The molecule has 2 amide bonds. The third kappa shape index (κ3) is 5.32. The lowest BCUT2D eigenvalue weighted by molar-refractivity contribution is -0.151. The maximum atomic E-state index is 13.3. The summed E-state index contributed by atoms with van der Waals surface area (Å²) in [5.74, 6) is 0.424. The molecule has 2 saturated heterocycles. The van der Waals surface area contributed by atoms with Gasteiger partial charge in [-0.25, -0.2) is 0 Å². The van der Waals surface area contributed by atoms with E-state index in [1.807, 2.05) is 23.6 Å². The molecule has 3 fully saturated rings. The van der Waals surface area contributed by atoms with Crippen molar-refractivity contribution in [2.75, 3.05) is 26.3 Å². The van der Waals surface area contributed by atoms with Gasteiger partial charge in [-0.15, -0.1) is 0 Å². The molecule has 29 heavy (non-hydrogen) atoms. The fourth-order valence-electron chi connectivity index (χ4n) is 5.36. The second-order valence-corrected chi connectivity index (χ2v) is 9.56. The van der Waals surface area contributed by atoms with Gasteiger partial charge in [-0.05, 0) is 44.9 Å². The lowest BCUT2D eigenvalue weighted by Gasteiger charge is -2.42. The van der Waals surface area contributed by atoms with Crippen LogP contribution in [-0.2, 0) is 19.1 Å². The summed E-state index contributed by atoms with van der Waals surface area (Å²) in [7, 11) is 0. The molecule has 0 aromatic heterocycles. The number of nitrogens with zero attached hydrogens (tertiary/aromatic N) is 2. The molecule has 3 rings (SSSR count). The summed E-state index contributed by atoms with van der Waals surface area (Å²) in [6.45, 7) is 10.9. The Balaban J connectivity index is 1.69. The number of carbonyl (C=O) groups is 2. The number of carbonyl (C=O) groups excluding carboxylic acids is 2. The molecular formula is C23H40N2O4. The van der Waals surface area contributed by atoms with E-state index in [4.69, 9.17) is 9.47 Å². The van der Waals surface area contributed by atoms with Gasteiger partial charge in [0.2, 0.25) is 11.8 Å². The summed E-state index contributed by atoms with van der Waals surface area (Å²) in [4.78, 5) is 30.7. The zero-order valence-corrected chi connectivity index (χ0v) is 18.8. The second kappa shape index (κ2) is 9.78. The molecule has 0 spiro atoms. The van der Waals surface area contributed by atoms with Crippen molar-refractivity contribution in [1.82, 2.24) is 9.80 Å². The molecular weight excluding hydrogens is 368 g/mol. The van der Waals surface area contributed by atoms with Crippen LogP contribution in [0.1, 0.15) is 79.1 Å². The van der Waals surface area contributed by atoms with Crippen molar-refractivity contribution in [2.24, 2.45) is 5.41 Å². The topological polar surface area (TPSA) is 59.1 Å². The number of hydrogen-bond donors (Lipinski definition) is 0. The third-order valence-corrected chi connectivity index (χ3v) is 7.24. The molecule has 0 radical (unpaired) electrons. The second-order valence-electron chi connectivity index (χ2n) is 9.56. The summed E-state index contributed by atoms with van der Waals surface area (Å²) in [6, 6.07) is 0.329. The SMILES string of the molecule is CCC1COC(C)CN1C(=O)CC1(CC(=O)N2CC(C)OCC2CC)CCCC1. The number of rotatable bonds is 6. The molecule has 1 aliphatic carbocycles. The monoisotopic (exact) mass is 408 g/mol. The van der Waals surface area contributed by atoms with Crippen LogP contribution in [0.25, 0.3) is 0 Å². The van der Waals surface area contributed by atoms with Gasteiger partial charge >= 0.3 is 0 Å². The highest BCUT2D eigenvalue weighted by atomic mass is 16.5. The molecule has 0 bridgehead atoms. The molecule has 3 aliphatic rings. The standard InChI is InChI=1S/C23H40N2O4/c1-5-19-15-28-17(3)13-24(19)21(26)11-23(9-7-8-10-23)12-22(27)25-14-18(4)29-16-20(25)6-2/h17-20H,5-16H2,1-4H3. The Hall–Kier alpha value is -1.14. The highest BCUT2D eigenvalue weighted by molar-refractivity contribution is 5.81. The molecule has 0 aromatic carbocycles. The van der Waals surface area contributed by atoms with Gasteiger partial charge in [-0.3, -0.25) is 9.59 Å². The van der Waals surface area contributed by atoms with E-state index in [0.29, 0.717) is 39.1 Å². The van der Waals surface area contributed by atoms with Gasteiger partial charge in [0.1, 0.15) is 0 Å². The first kappa shape index (κ1) is 22.5. The predicted molar refractivity (Wildman–Crippen MR) is 113 cm³/mol. The van der Waals surface area contributed by atoms with Gasteiger partial charge in [0.15, 0.2) is 0 Å². The van der Waals surface area contributed by atoms with Gasteiger partial charge in [0.25, 0.3) is 0 Å². The fraction of sp³-hybridized carbons (Fsp3) is 0.913. The third-order valence-electron chi connectivity index (χ3n) is 7.24. The molecule has 0 N–H and O–H groups in total. The number of hydrogen-bond acceptors (Lipinski definition) is 4. The molecule has 2 aliphatic heterocycles. The van der Waals surface area contributed by atoms with Crippen molar-refractivity contribution in [3.05, 3.63) is 0 Å². The summed E-state index contributed by atoms with van der Waals surface area (Å²) < 4.78 is 11.5. The van der Waals surface area contributed by atoms with Crippen LogP contribution in [0.15, 0.2) is 0 Å². The van der Waals surface area contributed by atoms with Crippen LogP contribution in [0.2, 0.25) is 0 Å². The van der Waals surface area contributed by atoms with Crippen molar-refractivity contribution in [3.63, 3.8) is 0 Å². The Morgan fingerprint density at radius 3 is 1.62 bits per heavy atom. The van der Waals surface area contributed by atoms with E-state index in [9.17, 15) is 9.59 Å². The molecule has 1 saturated carbocycles. The zero-order chi connectivity index (χ0) is 21.0. The van der Waals surface area contributed by atoms with Crippen LogP contribution >= 0.6 is 0 Å². The van der Waals surface area contributed by atoms with Crippen LogP contribution in [0.3, 0.4) is 0 Å². The molecule has 2 heterocycles. The van der Waals surface area contributed by atoms with E-state index in [1.165, 1.54) is 0 Å². The first-order valence-electron chi connectivity index (χ1n) is 11.7. The maximum Gasteiger partial charge on any atom is 0.223 e. The van der Waals surface area contributed by atoms with E-state index in [1.54, 1.807) is 0 Å². The summed E-state index contributed by atoms with van der Waals surface area (Å²) >= 11 is 0. The van der Waals surface area contributed by atoms with Crippen molar-refractivity contribution < 1.29 is 19.1 Å². The normalized spacial score (nSPS) is 32.4. The van der Waals surface area contributed by atoms with Crippen LogP contribution in [-0.4, -0.2) is 72.2 Å². The summed E-state index contributed by atoms with van der Waals surface area (Å²) in [5.41, 5.74) is -0.173. The van der Waals surface area contributed by atoms with E-state index in [2.05, 4.69) is 13.8 Å². The molecule has 4 unspecified atom stereocenters. The number of morpholine rings is 2. The van der Waals surface area contributed by atoms with Crippen molar-refractivity contribution >= 4 is 11.8 Å². The van der Waals surface area contributed by atoms with Gasteiger partial charge in [-0.1, -0.05) is 26.7 Å². The Labute approximate surface area is 176 Å². The largest absolute Gasteiger partial charge is 0.375 e. The smallest absolute Gasteiger partial charge is 0.223 e. The minimum atomic E-state index is -0.173. The average Bonchev–Trinajstić information content (AvgIpc) is 3.15. The first-order chi connectivity index (χ1) is 13.9. The minimum absolute atomic E-state index is 0.0862. The van der Waals surface area contributed by atoms with Crippen molar-refractivity contribution in [1.29, 1.82) is 0 Å². The Bertz CT molecular complexity index is 531. The average molecular weight is 409 g/mol. The van der Waals surface area contributed by atoms with Gasteiger partial charge < -0.3 is 19.3 Å². The van der Waals surface area contributed by atoms with E-state index in [0.717, 1.165) is 38.5 Å². The highest BCUT2D eigenvalue weighted by Crippen LogP contribution is 2.45. The molecule has 4 atom stereocenters. The fourth-order valence-corrected chi connectivity index (χ4v) is 5.36. The van der Waals surface area contributed by atoms with Crippen LogP contribution in [0, 0.1) is 5.41 Å². The highest BCUT2D eigenvalue weighted by Gasteiger charge is 2.42. The zero-order valence-electron chi connectivity index (χ0n) is 18.8. The van der Waals surface area contributed by atoms with E-state index >= 15 is 0 Å². The summed E-state index contributed by atoms with van der Waals surface area (Å²) in [6.07, 6.45) is 7.20. The van der Waals surface area contributed by atoms with Gasteiger partial charge in [-0.2, -0.15) is 0 Å². The lowest BCUT2D eigenvalue weighted by atomic mass is 9.78. The molecule has 6 heteroatoms. The van der Waals surface area contributed by atoms with Crippen LogP contribution in [0.5, 0.6) is 0 Å². The molecule has 0 aromatic rings. The molecule has 6 nitrogen and oxygen atoms in total. The first-order valence-corrected chi connectivity index (χ1v) is 11.7. The maximum absolute atomic E-state index is 13.3.